The molecule has 0 aromatic rings. The van der Waals surface area contributed by atoms with Gasteiger partial charge in [0.05, 0.1) is 0 Å². The normalized spacial score (nSPS) is 37.3. The van der Waals surface area contributed by atoms with E-state index in [2.05, 4.69) is 55.8 Å². The first-order chi connectivity index (χ1) is 10.3. The summed E-state index contributed by atoms with van der Waals surface area (Å²) >= 11 is 0. The van der Waals surface area contributed by atoms with Gasteiger partial charge in [0.1, 0.15) is 0 Å². The van der Waals surface area contributed by atoms with Gasteiger partial charge in [-0.05, 0) is 55.7 Å². The fourth-order valence-electron chi connectivity index (χ4n) is 4.01. The number of nitrogens with zero attached hydrogens (tertiary/aromatic N) is 3. The van der Waals surface area contributed by atoms with Gasteiger partial charge >= 0.3 is 0 Å². The lowest BCUT2D eigenvalue weighted by atomic mass is 9.57. The summed E-state index contributed by atoms with van der Waals surface area (Å²) in [6, 6.07) is 0. The van der Waals surface area contributed by atoms with Gasteiger partial charge < -0.3 is 0 Å². The quantitative estimate of drug-likeness (QED) is 0.783. The van der Waals surface area contributed by atoms with Gasteiger partial charge in [-0.25, -0.2) is 5.12 Å². The Morgan fingerprint density at radius 2 is 2.18 bits per heavy atom. The summed E-state index contributed by atoms with van der Waals surface area (Å²) in [6.07, 6.45) is 5.68. The molecule has 1 aliphatic heterocycles. The first-order valence-electron chi connectivity index (χ1n) is 8.00. The predicted octanol–water partition coefficient (Wildman–Crippen LogP) is 4.32. The molecule has 22 heavy (non-hydrogen) atoms. The van der Waals surface area contributed by atoms with Gasteiger partial charge in [0, 0.05) is 12.5 Å². The van der Waals surface area contributed by atoms with Crippen molar-refractivity contribution in [2.24, 2.45) is 21.7 Å². The van der Waals surface area contributed by atoms with Crippen LogP contribution in [0.1, 0.15) is 40.0 Å². The molecule has 4 heteroatoms. The molecule has 0 spiro atoms. The molecule has 0 aromatic carbocycles. The van der Waals surface area contributed by atoms with Crippen LogP contribution in [0.5, 0.6) is 0 Å². The van der Waals surface area contributed by atoms with Crippen molar-refractivity contribution in [1.29, 1.82) is 0 Å². The SMILES string of the molecule is C=C1CC2CC/C(=C(/C)C3N=NN(C)N3)C(=C)C2(C)C=C1C. The lowest BCUT2D eigenvalue weighted by Gasteiger charge is -2.47. The van der Waals surface area contributed by atoms with Crippen LogP contribution in [-0.4, -0.2) is 18.3 Å². The minimum Gasteiger partial charge on any atom is -0.212 e. The molecule has 3 atom stereocenters. The van der Waals surface area contributed by atoms with E-state index >= 15 is 0 Å². The van der Waals surface area contributed by atoms with Crippen LogP contribution in [0.25, 0.3) is 0 Å². The van der Waals surface area contributed by atoms with Crippen molar-refractivity contribution >= 4 is 0 Å². The lowest BCUT2D eigenvalue weighted by molar-refractivity contribution is 0.251. The zero-order valence-corrected chi connectivity index (χ0v) is 14.1. The largest absolute Gasteiger partial charge is 0.212 e. The molecule has 0 aromatic heterocycles. The molecule has 0 radical (unpaired) electrons. The van der Waals surface area contributed by atoms with Gasteiger partial charge in [-0.3, -0.25) is 0 Å². The zero-order valence-electron chi connectivity index (χ0n) is 14.1. The lowest BCUT2D eigenvalue weighted by Crippen LogP contribution is -2.38. The Hall–Kier alpha value is -1.68. The van der Waals surface area contributed by atoms with Crippen molar-refractivity contribution in [2.45, 2.75) is 46.2 Å². The molecule has 118 valence electrons. The molecular weight excluding hydrogens is 272 g/mol. The van der Waals surface area contributed by atoms with E-state index in [-0.39, 0.29) is 11.6 Å². The number of fused-ring (bicyclic) bond motifs is 1. The van der Waals surface area contributed by atoms with E-state index in [0.717, 1.165) is 12.8 Å². The fourth-order valence-corrected chi connectivity index (χ4v) is 4.01. The van der Waals surface area contributed by atoms with E-state index in [9.17, 15) is 0 Å². The summed E-state index contributed by atoms with van der Waals surface area (Å²) in [5.74, 6) is 0.619. The maximum atomic E-state index is 4.48. The van der Waals surface area contributed by atoms with Gasteiger partial charge in [0.15, 0.2) is 6.17 Å². The molecule has 0 amide bonds. The van der Waals surface area contributed by atoms with Crippen molar-refractivity contribution in [1.82, 2.24) is 10.5 Å². The molecule has 0 bridgehead atoms. The third-order valence-electron chi connectivity index (χ3n) is 5.67. The van der Waals surface area contributed by atoms with Crippen LogP contribution in [0.15, 0.2) is 57.4 Å². The van der Waals surface area contributed by atoms with Crippen molar-refractivity contribution in [3.8, 4) is 0 Å². The Kier molecular flexibility index (Phi) is 3.60. The minimum atomic E-state index is -0.0551. The molecule has 3 aliphatic rings. The second-order valence-corrected chi connectivity index (χ2v) is 7.05. The summed E-state index contributed by atoms with van der Waals surface area (Å²) in [7, 11) is 1.87. The second-order valence-electron chi connectivity index (χ2n) is 7.05. The smallest absolute Gasteiger partial charge is 0.162 e. The van der Waals surface area contributed by atoms with Gasteiger partial charge in [-0.15, -0.1) is 5.11 Å². The third kappa shape index (κ3) is 2.26. The summed E-state index contributed by atoms with van der Waals surface area (Å²) in [5.41, 5.74) is 9.74. The number of hydrogen-bond donors (Lipinski definition) is 1. The summed E-state index contributed by atoms with van der Waals surface area (Å²) in [5, 5.41) is 10.00. The molecule has 0 saturated heterocycles. The van der Waals surface area contributed by atoms with Crippen LogP contribution in [-0.2, 0) is 0 Å². The molecule has 4 nitrogen and oxygen atoms in total. The highest BCUT2D eigenvalue weighted by atomic mass is 15.8. The summed E-state index contributed by atoms with van der Waals surface area (Å²) in [4.78, 5) is 0. The number of nitrogens with one attached hydrogen (secondary N) is 1. The molecule has 1 heterocycles. The van der Waals surface area contributed by atoms with Crippen LogP contribution in [0.3, 0.4) is 0 Å². The van der Waals surface area contributed by atoms with Gasteiger partial charge in [-0.1, -0.05) is 42.5 Å². The van der Waals surface area contributed by atoms with E-state index < -0.39 is 0 Å². The molecule has 3 unspecified atom stereocenters. The van der Waals surface area contributed by atoms with Crippen LogP contribution >= 0.6 is 0 Å². The standard InChI is InChI=1S/C18H26N4/c1-11-9-15-7-8-16(13(3)17-19-21-22(6)20-17)14(4)18(15,5)10-12(11)2/h10,15,17,20H,1,4,7-9H2,2-3,5-6H3/b16-13+. The Morgan fingerprint density at radius 3 is 2.82 bits per heavy atom. The van der Waals surface area contributed by atoms with Crippen molar-refractivity contribution in [2.75, 3.05) is 7.05 Å². The third-order valence-corrected chi connectivity index (χ3v) is 5.67. The Bertz CT molecular complexity index is 625. The van der Waals surface area contributed by atoms with Crippen molar-refractivity contribution in [3.63, 3.8) is 0 Å². The Balaban J connectivity index is 1.96. The summed E-state index contributed by atoms with van der Waals surface area (Å²) in [6.45, 7) is 15.3. The Labute approximate surface area is 133 Å². The molecule has 1 N–H and O–H groups in total. The van der Waals surface area contributed by atoms with Crippen molar-refractivity contribution < 1.29 is 0 Å². The molecule has 1 fully saturated rings. The van der Waals surface area contributed by atoms with E-state index in [1.807, 2.05) is 7.05 Å². The molecular formula is C18H26N4. The second kappa shape index (κ2) is 5.20. The highest BCUT2D eigenvalue weighted by Crippen LogP contribution is 2.54. The summed E-state index contributed by atoms with van der Waals surface area (Å²) < 4.78 is 0. The number of hydrogen-bond acceptors (Lipinski definition) is 4. The van der Waals surface area contributed by atoms with Crippen LogP contribution in [0.2, 0.25) is 0 Å². The highest BCUT2D eigenvalue weighted by Gasteiger charge is 2.43. The maximum Gasteiger partial charge on any atom is 0.162 e. The highest BCUT2D eigenvalue weighted by molar-refractivity contribution is 5.48. The van der Waals surface area contributed by atoms with Crippen LogP contribution < -0.4 is 5.43 Å². The van der Waals surface area contributed by atoms with E-state index in [1.54, 1.807) is 5.12 Å². The van der Waals surface area contributed by atoms with Crippen LogP contribution in [0, 0.1) is 11.3 Å². The van der Waals surface area contributed by atoms with E-state index in [0.29, 0.717) is 5.92 Å². The van der Waals surface area contributed by atoms with Gasteiger partial charge in [0.2, 0.25) is 0 Å². The number of hydrazine groups is 1. The molecule has 1 saturated carbocycles. The first-order valence-corrected chi connectivity index (χ1v) is 8.00. The van der Waals surface area contributed by atoms with E-state index in [1.165, 1.54) is 34.3 Å². The van der Waals surface area contributed by atoms with Crippen molar-refractivity contribution in [3.05, 3.63) is 47.1 Å². The first kappa shape index (κ1) is 15.2. The predicted molar refractivity (Wildman–Crippen MR) is 89.7 cm³/mol. The Morgan fingerprint density at radius 1 is 1.45 bits per heavy atom. The monoisotopic (exact) mass is 298 g/mol. The fraction of sp³-hybridized carbons (Fsp3) is 0.556. The van der Waals surface area contributed by atoms with Gasteiger partial charge in [0.25, 0.3) is 0 Å². The number of allylic oxidation sites excluding steroid dienone is 5. The molecule has 2 aliphatic carbocycles. The molecule has 3 rings (SSSR count). The maximum absolute atomic E-state index is 4.48. The van der Waals surface area contributed by atoms with Gasteiger partial charge in [-0.2, -0.15) is 5.43 Å². The van der Waals surface area contributed by atoms with E-state index in [4.69, 9.17) is 0 Å². The van der Waals surface area contributed by atoms with Crippen LogP contribution in [0.4, 0.5) is 0 Å². The minimum absolute atomic E-state index is 0.0434. The average Bonchev–Trinajstić information content (AvgIpc) is 2.89. The average molecular weight is 298 g/mol. The topological polar surface area (TPSA) is 40.0 Å². The zero-order chi connectivity index (χ0) is 16.1. The number of rotatable bonds is 1.